The fourth-order valence-electron chi connectivity index (χ4n) is 2.97. The summed E-state index contributed by atoms with van der Waals surface area (Å²) in [6, 6.07) is 0.661. The largest absolute Gasteiger partial charge is 0.378 e. The second kappa shape index (κ2) is 5.10. The van der Waals surface area contributed by atoms with Gasteiger partial charge in [-0.25, -0.2) is 0 Å². The molecular weight excluding hydrogens is 230 g/mol. The van der Waals surface area contributed by atoms with E-state index in [4.69, 9.17) is 4.74 Å². The fourth-order valence-corrected chi connectivity index (χ4v) is 3.71. The second-order valence-corrected chi connectivity index (χ2v) is 7.13. The average Bonchev–Trinajstić information content (AvgIpc) is 3.12. The zero-order valence-electron chi connectivity index (χ0n) is 11.7. The maximum atomic E-state index is 5.84. The standard InChI is InChI=1S/C14H27NOS/c1-5-13(3)11(9-12(13)16-6-2)15-10-14(17-4)7-8-14/h11-12,15H,5-10H2,1-4H3. The van der Waals surface area contributed by atoms with Crippen LogP contribution in [0.5, 0.6) is 0 Å². The SMILES string of the molecule is CCOC1CC(NCC2(SC)CC2)C1(C)CC. The van der Waals surface area contributed by atoms with Crippen molar-refractivity contribution in [2.45, 2.75) is 63.3 Å². The number of hydrogen-bond acceptors (Lipinski definition) is 3. The maximum Gasteiger partial charge on any atom is 0.0658 e. The number of nitrogens with one attached hydrogen (secondary N) is 1. The highest BCUT2D eigenvalue weighted by Crippen LogP contribution is 2.49. The lowest BCUT2D eigenvalue weighted by Gasteiger charge is -2.54. The highest BCUT2D eigenvalue weighted by atomic mass is 32.2. The molecule has 2 saturated carbocycles. The van der Waals surface area contributed by atoms with E-state index in [1.54, 1.807) is 0 Å². The van der Waals surface area contributed by atoms with Gasteiger partial charge in [0.25, 0.3) is 0 Å². The molecule has 0 radical (unpaired) electrons. The number of thioether (sulfide) groups is 1. The number of ether oxygens (including phenoxy) is 1. The molecule has 3 atom stereocenters. The summed E-state index contributed by atoms with van der Waals surface area (Å²) in [5.41, 5.74) is 0.352. The minimum atomic E-state index is 0.352. The second-order valence-electron chi connectivity index (χ2n) is 5.86. The van der Waals surface area contributed by atoms with Gasteiger partial charge >= 0.3 is 0 Å². The summed E-state index contributed by atoms with van der Waals surface area (Å²) in [5.74, 6) is 0. The van der Waals surface area contributed by atoms with Crippen molar-refractivity contribution in [3.63, 3.8) is 0 Å². The first-order valence-corrected chi connectivity index (χ1v) is 8.23. The van der Waals surface area contributed by atoms with E-state index in [1.165, 1.54) is 32.2 Å². The molecule has 100 valence electrons. The molecule has 1 N–H and O–H groups in total. The lowest BCUT2D eigenvalue weighted by molar-refractivity contribution is -0.125. The molecular formula is C14H27NOS. The molecule has 3 heteroatoms. The molecule has 3 unspecified atom stereocenters. The predicted molar refractivity (Wildman–Crippen MR) is 75.7 cm³/mol. The zero-order chi connectivity index (χ0) is 12.5. The van der Waals surface area contributed by atoms with Crippen molar-refractivity contribution in [2.24, 2.45) is 5.41 Å². The Balaban J connectivity index is 1.82. The Labute approximate surface area is 110 Å². The molecule has 0 aromatic rings. The van der Waals surface area contributed by atoms with Gasteiger partial charge in [-0.3, -0.25) is 0 Å². The van der Waals surface area contributed by atoms with Crippen LogP contribution in [0.2, 0.25) is 0 Å². The van der Waals surface area contributed by atoms with Gasteiger partial charge in [0.1, 0.15) is 0 Å². The Kier molecular flexibility index (Phi) is 4.11. The van der Waals surface area contributed by atoms with Gasteiger partial charge in [0.2, 0.25) is 0 Å². The van der Waals surface area contributed by atoms with Crippen LogP contribution in [0, 0.1) is 5.41 Å². The molecule has 0 saturated heterocycles. The van der Waals surface area contributed by atoms with E-state index < -0.39 is 0 Å². The summed E-state index contributed by atoms with van der Waals surface area (Å²) in [6.07, 6.45) is 7.92. The third-order valence-electron chi connectivity index (χ3n) is 5.02. The van der Waals surface area contributed by atoms with Gasteiger partial charge in [0.15, 0.2) is 0 Å². The van der Waals surface area contributed by atoms with E-state index in [9.17, 15) is 0 Å². The Hall–Kier alpha value is 0.270. The Morgan fingerprint density at radius 2 is 2.06 bits per heavy atom. The van der Waals surface area contributed by atoms with Crippen molar-refractivity contribution in [1.29, 1.82) is 0 Å². The third kappa shape index (κ3) is 2.52. The molecule has 2 aliphatic carbocycles. The van der Waals surface area contributed by atoms with Gasteiger partial charge in [0.05, 0.1) is 6.10 Å². The van der Waals surface area contributed by atoms with E-state index in [0.717, 1.165) is 6.61 Å². The minimum Gasteiger partial charge on any atom is -0.378 e. The monoisotopic (exact) mass is 257 g/mol. The highest BCUT2D eigenvalue weighted by molar-refractivity contribution is 8.00. The minimum absolute atomic E-state index is 0.352. The lowest BCUT2D eigenvalue weighted by Crippen LogP contribution is -2.63. The maximum absolute atomic E-state index is 5.84. The van der Waals surface area contributed by atoms with Gasteiger partial charge < -0.3 is 10.1 Å². The highest BCUT2D eigenvalue weighted by Gasteiger charge is 2.52. The average molecular weight is 257 g/mol. The Bertz CT molecular complexity index is 267. The Morgan fingerprint density at radius 3 is 2.53 bits per heavy atom. The fraction of sp³-hybridized carbons (Fsp3) is 1.00. The molecule has 0 bridgehead atoms. The molecule has 2 aliphatic rings. The van der Waals surface area contributed by atoms with Crippen LogP contribution in [-0.4, -0.2) is 36.3 Å². The van der Waals surface area contributed by atoms with Crippen molar-refractivity contribution >= 4 is 11.8 Å². The van der Waals surface area contributed by atoms with Gasteiger partial charge in [-0.15, -0.1) is 0 Å². The lowest BCUT2D eigenvalue weighted by atomic mass is 9.61. The molecule has 0 aromatic carbocycles. The summed E-state index contributed by atoms with van der Waals surface area (Å²) in [7, 11) is 0. The van der Waals surface area contributed by atoms with Crippen LogP contribution in [0.4, 0.5) is 0 Å². The molecule has 17 heavy (non-hydrogen) atoms. The van der Waals surface area contributed by atoms with Crippen LogP contribution in [0.3, 0.4) is 0 Å². The summed E-state index contributed by atoms with van der Waals surface area (Å²) >= 11 is 2.04. The van der Waals surface area contributed by atoms with Crippen LogP contribution in [-0.2, 0) is 4.74 Å². The van der Waals surface area contributed by atoms with Crippen molar-refractivity contribution in [3.8, 4) is 0 Å². The molecule has 0 heterocycles. The molecule has 0 amide bonds. The van der Waals surface area contributed by atoms with Crippen LogP contribution < -0.4 is 5.32 Å². The topological polar surface area (TPSA) is 21.3 Å². The molecule has 2 nitrogen and oxygen atoms in total. The quantitative estimate of drug-likeness (QED) is 0.757. The first kappa shape index (κ1) is 13.7. The number of rotatable bonds is 7. The van der Waals surface area contributed by atoms with Crippen LogP contribution >= 0.6 is 11.8 Å². The van der Waals surface area contributed by atoms with Crippen LogP contribution in [0.15, 0.2) is 0 Å². The smallest absolute Gasteiger partial charge is 0.0658 e. The summed E-state index contributed by atoms with van der Waals surface area (Å²) in [5, 5.41) is 3.80. The van der Waals surface area contributed by atoms with Crippen molar-refractivity contribution in [3.05, 3.63) is 0 Å². The first-order valence-electron chi connectivity index (χ1n) is 7.00. The van der Waals surface area contributed by atoms with Crippen molar-refractivity contribution < 1.29 is 4.74 Å². The van der Waals surface area contributed by atoms with Gasteiger partial charge in [-0.1, -0.05) is 13.8 Å². The summed E-state index contributed by atoms with van der Waals surface area (Å²) in [6.45, 7) is 8.81. The van der Waals surface area contributed by atoms with Gasteiger partial charge in [0, 0.05) is 29.4 Å². The Morgan fingerprint density at radius 1 is 1.35 bits per heavy atom. The summed E-state index contributed by atoms with van der Waals surface area (Å²) < 4.78 is 6.42. The van der Waals surface area contributed by atoms with E-state index in [-0.39, 0.29) is 0 Å². The third-order valence-corrected chi connectivity index (χ3v) is 6.44. The van der Waals surface area contributed by atoms with Gasteiger partial charge in [-0.2, -0.15) is 11.8 Å². The molecule has 0 aliphatic heterocycles. The van der Waals surface area contributed by atoms with Gasteiger partial charge in [-0.05, 0) is 38.9 Å². The zero-order valence-corrected chi connectivity index (χ0v) is 12.5. The predicted octanol–water partition coefficient (Wildman–Crippen LogP) is 3.07. The van der Waals surface area contributed by atoms with Crippen LogP contribution in [0.1, 0.15) is 46.5 Å². The van der Waals surface area contributed by atoms with E-state index in [2.05, 4.69) is 32.3 Å². The molecule has 0 spiro atoms. The van der Waals surface area contributed by atoms with E-state index >= 15 is 0 Å². The first-order chi connectivity index (χ1) is 8.10. The van der Waals surface area contributed by atoms with Crippen molar-refractivity contribution in [2.75, 3.05) is 19.4 Å². The van der Waals surface area contributed by atoms with E-state index in [0.29, 0.717) is 22.3 Å². The number of hydrogen-bond donors (Lipinski definition) is 1. The molecule has 0 aromatic heterocycles. The summed E-state index contributed by atoms with van der Waals surface area (Å²) in [4.78, 5) is 0. The van der Waals surface area contributed by atoms with Crippen LogP contribution in [0.25, 0.3) is 0 Å². The molecule has 2 fully saturated rings. The van der Waals surface area contributed by atoms with E-state index in [1.807, 2.05) is 11.8 Å². The van der Waals surface area contributed by atoms with Crippen molar-refractivity contribution in [1.82, 2.24) is 5.32 Å². The molecule has 2 rings (SSSR count). The normalized spacial score (nSPS) is 38.8.